The minimum absolute atomic E-state index is 0.0132. The van der Waals surface area contributed by atoms with E-state index < -0.39 is 0 Å². The van der Waals surface area contributed by atoms with Gasteiger partial charge in [0.25, 0.3) is 0 Å². The summed E-state index contributed by atoms with van der Waals surface area (Å²) in [5.74, 6) is 0.390. The molecule has 1 amide bonds. The molecule has 0 saturated heterocycles. The van der Waals surface area contributed by atoms with E-state index in [4.69, 9.17) is 4.98 Å². The molecule has 0 atom stereocenters. The van der Waals surface area contributed by atoms with E-state index in [2.05, 4.69) is 0 Å². The van der Waals surface area contributed by atoms with Gasteiger partial charge in [0, 0.05) is 11.7 Å². The van der Waals surface area contributed by atoms with Crippen LogP contribution in [0.3, 0.4) is 0 Å². The Morgan fingerprint density at radius 2 is 1.65 bits per heavy atom. The molecular formula is C26H24FN3O. The van der Waals surface area contributed by atoms with E-state index in [9.17, 15) is 9.18 Å². The molecule has 3 aromatic carbocycles. The summed E-state index contributed by atoms with van der Waals surface area (Å²) in [6, 6.07) is 23.7. The molecule has 1 heterocycles. The standard InChI is InChI=1S/C26H24FN3O/c1-19(2)30(22-8-4-3-5-9-22)26(31)18-29-24-11-7-6-10-23(24)28-25(29)17-14-20-12-15-21(27)16-13-20/h3-17,19H,18H2,1-2H3/b17-14+. The highest BCUT2D eigenvalue weighted by molar-refractivity contribution is 5.95. The number of amides is 1. The summed E-state index contributed by atoms with van der Waals surface area (Å²) < 4.78 is 15.1. The molecule has 156 valence electrons. The molecular weight excluding hydrogens is 389 g/mol. The summed E-state index contributed by atoms with van der Waals surface area (Å²) in [6.45, 7) is 4.18. The average molecular weight is 413 g/mol. The van der Waals surface area contributed by atoms with Crippen LogP contribution in [0.1, 0.15) is 25.2 Å². The number of aromatic nitrogens is 2. The number of nitrogens with zero attached hydrogens (tertiary/aromatic N) is 3. The molecule has 0 radical (unpaired) electrons. The molecule has 4 nitrogen and oxygen atoms in total. The number of carbonyl (C=O) groups excluding carboxylic acids is 1. The third-order valence-electron chi connectivity index (χ3n) is 5.09. The van der Waals surface area contributed by atoms with Crippen molar-refractivity contribution in [1.29, 1.82) is 0 Å². The zero-order chi connectivity index (χ0) is 21.8. The second kappa shape index (κ2) is 8.96. The molecule has 0 aliphatic rings. The van der Waals surface area contributed by atoms with Crippen LogP contribution in [0, 0.1) is 5.82 Å². The van der Waals surface area contributed by atoms with Gasteiger partial charge in [-0.05, 0) is 61.9 Å². The molecule has 0 N–H and O–H groups in total. The summed E-state index contributed by atoms with van der Waals surface area (Å²) >= 11 is 0. The molecule has 0 fully saturated rings. The minimum atomic E-state index is -0.273. The van der Waals surface area contributed by atoms with Crippen LogP contribution in [0.25, 0.3) is 23.2 Å². The number of hydrogen-bond acceptors (Lipinski definition) is 2. The van der Waals surface area contributed by atoms with Crippen LogP contribution in [-0.2, 0) is 11.3 Å². The summed E-state index contributed by atoms with van der Waals surface area (Å²) in [4.78, 5) is 19.9. The van der Waals surface area contributed by atoms with E-state index in [0.717, 1.165) is 22.3 Å². The van der Waals surface area contributed by atoms with Gasteiger partial charge >= 0.3 is 0 Å². The first-order chi connectivity index (χ1) is 15.0. The third kappa shape index (κ3) is 4.56. The average Bonchev–Trinajstić information content (AvgIpc) is 3.11. The molecule has 1 aromatic heterocycles. The van der Waals surface area contributed by atoms with Crippen LogP contribution in [0.2, 0.25) is 0 Å². The highest BCUT2D eigenvalue weighted by atomic mass is 19.1. The zero-order valence-corrected chi connectivity index (χ0v) is 17.6. The van der Waals surface area contributed by atoms with Gasteiger partial charge < -0.3 is 9.47 Å². The molecule has 0 aliphatic carbocycles. The van der Waals surface area contributed by atoms with Crippen molar-refractivity contribution in [3.63, 3.8) is 0 Å². The summed E-state index contributed by atoms with van der Waals surface area (Å²) in [7, 11) is 0. The van der Waals surface area contributed by atoms with Crippen molar-refractivity contribution in [2.24, 2.45) is 0 Å². The Balaban J connectivity index is 1.69. The first kappa shape index (κ1) is 20.5. The van der Waals surface area contributed by atoms with E-state index in [-0.39, 0.29) is 24.3 Å². The quantitative estimate of drug-likeness (QED) is 0.401. The molecule has 0 spiro atoms. The third-order valence-corrected chi connectivity index (χ3v) is 5.09. The highest BCUT2D eigenvalue weighted by Crippen LogP contribution is 2.21. The van der Waals surface area contributed by atoms with Crippen molar-refractivity contribution in [2.45, 2.75) is 26.4 Å². The number of fused-ring (bicyclic) bond motifs is 1. The van der Waals surface area contributed by atoms with Gasteiger partial charge in [0.15, 0.2) is 0 Å². The highest BCUT2D eigenvalue weighted by Gasteiger charge is 2.21. The van der Waals surface area contributed by atoms with Crippen molar-refractivity contribution in [1.82, 2.24) is 9.55 Å². The molecule has 4 rings (SSSR count). The normalized spacial score (nSPS) is 11.5. The molecule has 0 bridgehead atoms. The SMILES string of the molecule is CC(C)N(C(=O)Cn1c(/C=C/c2ccc(F)cc2)nc2ccccc21)c1ccccc1. The lowest BCUT2D eigenvalue weighted by molar-refractivity contribution is -0.119. The Morgan fingerprint density at radius 3 is 2.35 bits per heavy atom. The van der Waals surface area contributed by atoms with Crippen LogP contribution in [0.5, 0.6) is 0 Å². The van der Waals surface area contributed by atoms with Gasteiger partial charge in [-0.2, -0.15) is 0 Å². The number of anilines is 1. The van der Waals surface area contributed by atoms with E-state index in [0.29, 0.717) is 5.82 Å². The van der Waals surface area contributed by atoms with Gasteiger partial charge in [-0.3, -0.25) is 4.79 Å². The van der Waals surface area contributed by atoms with E-state index in [1.807, 2.05) is 90.1 Å². The Morgan fingerprint density at radius 1 is 0.968 bits per heavy atom. The maximum absolute atomic E-state index is 13.4. The summed E-state index contributed by atoms with van der Waals surface area (Å²) in [6.07, 6.45) is 3.74. The Kier molecular flexibility index (Phi) is 5.94. The second-order valence-electron chi connectivity index (χ2n) is 7.62. The van der Waals surface area contributed by atoms with Gasteiger partial charge in [-0.25, -0.2) is 9.37 Å². The predicted molar refractivity (Wildman–Crippen MR) is 124 cm³/mol. The fourth-order valence-corrected chi connectivity index (χ4v) is 3.66. The van der Waals surface area contributed by atoms with Gasteiger partial charge in [0.2, 0.25) is 5.91 Å². The minimum Gasteiger partial charge on any atom is -0.315 e. The number of carbonyl (C=O) groups is 1. The predicted octanol–water partition coefficient (Wildman–Crippen LogP) is 5.79. The summed E-state index contributed by atoms with van der Waals surface area (Å²) in [5, 5.41) is 0. The Labute approximate surface area is 181 Å². The number of halogens is 1. The summed E-state index contributed by atoms with van der Waals surface area (Å²) in [5.41, 5.74) is 3.45. The van der Waals surface area contributed by atoms with Crippen LogP contribution < -0.4 is 4.90 Å². The lowest BCUT2D eigenvalue weighted by atomic mass is 10.2. The van der Waals surface area contributed by atoms with Gasteiger partial charge in [-0.1, -0.05) is 48.5 Å². The number of hydrogen-bond donors (Lipinski definition) is 0. The van der Waals surface area contributed by atoms with Crippen LogP contribution in [0.15, 0.2) is 78.9 Å². The molecule has 0 aliphatic heterocycles. The lowest BCUT2D eigenvalue weighted by Crippen LogP contribution is -2.39. The molecule has 4 aromatic rings. The smallest absolute Gasteiger partial charge is 0.247 e. The Hall–Kier alpha value is -3.73. The maximum atomic E-state index is 13.4. The van der Waals surface area contributed by atoms with Crippen LogP contribution >= 0.6 is 0 Å². The number of rotatable bonds is 6. The van der Waals surface area contributed by atoms with Gasteiger partial charge in [0.1, 0.15) is 18.2 Å². The number of benzene rings is 3. The number of para-hydroxylation sites is 3. The first-order valence-electron chi connectivity index (χ1n) is 10.3. The van der Waals surface area contributed by atoms with Crippen LogP contribution in [-0.4, -0.2) is 21.5 Å². The maximum Gasteiger partial charge on any atom is 0.247 e. The van der Waals surface area contributed by atoms with E-state index >= 15 is 0 Å². The van der Waals surface area contributed by atoms with Gasteiger partial charge in [0.05, 0.1) is 11.0 Å². The molecule has 0 saturated carbocycles. The Bertz CT molecular complexity index is 1210. The van der Waals surface area contributed by atoms with Gasteiger partial charge in [-0.15, -0.1) is 0 Å². The van der Waals surface area contributed by atoms with Crippen molar-refractivity contribution in [3.8, 4) is 0 Å². The second-order valence-corrected chi connectivity index (χ2v) is 7.62. The lowest BCUT2D eigenvalue weighted by Gasteiger charge is -2.27. The largest absolute Gasteiger partial charge is 0.315 e. The van der Waals surface area contributed by atoms with Crippen molar-refractivity contribution < 1.29 is 9.18 Å². The fourth-order valence-electron chi connectivity index (χ4n) is 3.66. The first-order valence-corrected chi connectivity index (χ1v) is 10.3. The fraction of sp³-hybridized carbons (Fsp3) is 0.154. The molecule has 0 unspecified atom stereocenters. The zero-order valence-electron chi connectivity index (χ0n) is 17.6. The number of imidazole rings is 1. The molecule has 31 heavy (non-hydrogen) atoms. The van der Waals surface area contributed by atoms with Crippen LogP contribution in [0.4, 0.5) is 10.1 Å². The monoisotopic (exact) mass is 413 g/mol. The molecule has 5 heteroatoms. The van der Waals surface area contributed by atoms with Crippen molar-refractivity contribution in [2.75, 3.05) is 4.90 Å². The van der Waals surface area contributed by atoms with E-state index in [1.165, 1.54) is 12.1 Å². The topological polar surface area (TPSA) is 38.1 Å². The van der Waals surface area contributed by atoms with E-state index in [1.54, 1.807) is 12.1 Å². The van der Waals surface area contributed by atoms with Crippen molar-refractivity contribution >= 4 is 34.8 Å². The van der Waals surface area contributed by atoms with Crippen molar-refractivity contribution in [3.05, 3.63) is 96.1 Å².